The van der Waals surface area contributed by atoms with Crippen LogP contribution in [0, 0.1) is 0 Å². The van der Waals surface area contributed by atoms with Crippen LogP contribution in [0.25, 0.3) is 0 Å². The van der Waals surface area contributed by atoms with Crippen molar-refractivity contribution in [3.8, 4) is 0 Å². The Labute approximate surface area is 106 Å². The maximum absolute atomic E-state index is 12.0. The lowest BCUT2D eigenvalue weighted by molar-refractivity contribution is -0.129. The number of carbonyl (C=O) groups excluding carboxylic acids is 2. The van der Waals surface area contributed by atoms with E-state index in [1.165, 1.54) is 0 Å². The monoisotopic (exact) mass is 247 g/mol. The lowest BCUT2D eigenvalue weighted by atomic mass is 10.3. The molecule has 0 aromatic heterocycles. The lowest BCUT2D eigenvalue weighted by Crippen LogP contribution is -2.37. The molecule has 2 amide bonds. The second-order valence-electron chi connectivity index (χ2n) is 4.20. The van der Waals surface area contributed by atoms with Gasteiger partial charge in [-0.1, -0.05) is 18.2 Å². The van der Waals surface area contributed by atoms with Gasteiger partial charge in [0.1, 0.15) is 0 Å². The van der Waals surface area contributed by atoms with Crippen molar-refractivity contribution in [2.75, 3.05) is 31.5 Å². The highest BCUT2D eigenvalue weighted by atomic mass is 16.2. The Hall–Kier alpha value is -2.04. The van der Waals surface area contributed by atoms with Gasteiger partial charge >= 0.3 is 0 Å². The molecule has 0 saturated carbocycles. The van der Waals surface area contributed by atoms with Gasteiger partial charge in [-0.2, -0.15) is 0 Å². The van der Waals surface area contributed by atoms with Crippen molar-refractivity contribution in [1.82, 2.24) is 10.2 Å². The first-order valence-corrected chi connectivity index (χ1v) is 6.09. The third-order valence-electron chi connectivity index (χ3n) is 2.88. The van der Waals surface area contributed by atoms with Crippen LogP contribution in [-0.4, -0.2) is 42.9 Å². The molecule has 0 unspecified atom stereocenters. The van der Waals surface area contributed by atoms with E-state index >= 15 is 0 Å². The summed E-state index contributed by atoms with van der Waals surface area (Å²) in [5, 5.41) is 5.83. The molecule has 0 aliphatic carbocycles. The van der Waals surface area contributed by atoms with Gasteiger partial charge in [0.2, 0.25) is 11.8 Å². The van der Waals surface area contributed by atoms with Gasteiger partial charge in [0.25, 0.3) is 0 Å². The second kappa shape index (κ2) is 6.05. The number of carbonyl (C=O) groups is 2. The summed E-state index contributed by atoms with van der Waals surface area (Å²) in [6.45, 7) is 1.89. The molecule has 1 aromatic rings. The van der Waals surface area contributed by atoms with Gasteiger partial charge in [-0.05, 0) is 12.1 Å². The molecule has 5 heteroatoms. The van der Waals surface area contributed by atoms with E-state index in [0.717, 1.165) is 5.69 Å². The molecule has 0 spiro atoms. The molecule has 96 valence electrons. The average Bonchev–Trinajstić information content (AvgIpc) is 2.62. The number of para-hydroxylation sites is 1. The third-order valence-corrected chi connectivity index (χ3v) is 2.88. The first-order chi connectivity index (χ1) is 8.75. The number of hydrogen-bond donors (Lipinski definition) is 2. The highest BCUT2D eigenvalue weighted by molar-refractivity contribution is 5.82. The van der Waals surface area contributed by atoms with Crippen LogP contribution < -0.4 is 10.6 Å². The zero-order valence-electron chi connectivity index (χ0n) is 10.2. The summed E-state index contributed by atoms with van der Waals surface area (Å²) >= 11 is 0. The standard InChI is InChI=1S/C13H17N3O2/c17-12-6-8-16(9-7-14-12)13(18)10-15-11-4-2-1-3-5-11/h1-5,15H,6-10H2,(H,14,17). The van der Waals surface area contributed by atoms with Crippen molar-refractivity contribution < 1.29 is 9.59 Å². The Morgan fingerprint density at radius 3 is 2.83 bits per heavy atom. The van der Waals surface area contributed by atoms with Gasteiger partial charge in [0.05, 0.1) is 6.54 Å². The summed E-state index contributed by atoms with van der Waals surface area (Å²) in [7, 11) is 0. The molecule has 0 radical (unpaired) electrons. The van der Waals surface area contributed by atoms with E-state index < -0.39 is 0 Å². The van der Waals surface area contributed by atoms with Gasteiger partial charge in [-0.15, -0.1) is 0 Å². The van der Waals surface area contributed by atoms with Crippen LogP contribution >= 0.6 is 0 Å². The molecule has 0 bridgehead atoms. The molecule has 2 N–H and O–H groups in total. The molecule has 2 rings (SSSR count). The molecule has 1 aromatic carbocycles. The Morgan fingerprint density at radius 1 is 1.28 bits per heavy atom. The van der Waals surface area contributed by atoms with E-state index in [1.54, 1.807) is 4.90 Å². The maximum Gasteiger partial charge on any atom is 0.241 e. The molecule has 1 aliphatic rings. The van der Waals surface area contributed by atoms with Gasteiger partial charge in [-0.25, -0.2) is 0 Å². The van der Waals surface area contributed by atoms with Gasteiger partial charge in [0.15, 0.2) is 0 Å². The van der Waals surface area contributed by atoms with Crippen molar-refractivity contribution in [3.05, 3.63) is 30.3 Å². The fourth-order valence-electron chi connectivity index (χ4n) is 1.86. The highest BCUT2D eigenvalue weighted by Crippen LogP contribution is 2.05. The van der Waals surface area contributed by atoms with Crippen molar-refractivity contribution in [1.29, 1.82) is 0 Å². The average molecular weight is 247 g/mol. The van der Waals surface area contributed by atoms with Crippen LogP contribution in [0.2, 0.25) is 0 Å². The van der Waals surface area contributed by atoms with Crippen LogP contribution in [0.15, 0.2) is 30.3 Å². The van der Waals surface area contributed by atoms with E-state index in [2.05, 4.69) is 10.6 Å². The molecule has 0 atom stereocenters. The molecule has 1 aliphatic heterocycles. The summed E-state index contributed by atoms with van der Waals surface area (Å²) in [6, 6.07) is 9.60. The van der Waals surface area contributed by atoms with E-state index in [0.29, 0.717) is 26.1 Å². The normalized spacial score (nSPS) is 15.8. The minimum atomic E-state index is 0.0151. The van der Waals surface area contributed by atoms with E-state index in [9.17, 15) is 9.59 Å². The van der Waals surface area contributed by atoms with Crippen molar-refractivity contribution >= 4 is 17.5 Å². The van der Waals surface area contributed by atoms with Gasteiger partial charge in [0, 0.05) is 31.7 Å². The zero-order valence-corrected chi connectivity index (χ0v) is 10.2. The number of rotatable bonds is 3. The Bertz CT molecular complexity index is 420. The third kappa shape index (κ3) is 3.48. The molecule has 5 nitrogen and oxygen atoms in total. The first-order valence-electron chi connectivity index (χ1n) is 6.09. The molecular weight excluding hydrogens is 230 g/mol. The van der Waals surface area contributed by atoms with Crippen LogP contribution in [0.1, 0.15) is 6.42 Å². The minimum absolute atomic E-state index is 0.0151. The fraction of sp³-hybridized carbons (Fsp3) is 0.385. The number of nitrogens with one attached hydrogen (secondary N) is 2. The summed E-state index contributed by atoms with van der Waals surface area (Å²) in [4.78, 5) is 24.8. The lowest BCUT2D eigenvalue weighted by Gasteiger charge is -2.19. The molecule has 1 fully saturated rings. The van der Waals surface area contributed by atoms with Crippen molar-refractivity contribution in [3.63, 3.8) is 0 Å². The number of amides is 2. The van der Waals surface area contributed by atoms with Crippen molar-refractivity contribution in [2.45, 2.75) is 6.42 Å². The molecule has 1 heterocycles. The number of hydrogen-bond acceptors (Lipinski definition) is 3. The Morgan fingerprint density at radius 2 is 2.06 bits per heavy atom. The van der Waals surface area contributed by atoms with Gasteiger partial charge in [-0.3, -0.25) is 9.59 Å². The number of benzene rings is 1. The smallest absolute Gasteiger partial charge is 0.241 e. The van der Waals surface area contributed by atoms with E-state index in [-0.39, 0.29) is 18.4 Å². The topological polar surface area (TPSA) is 61.4 Å². The summed E-state index contributed by atoms with van der Waals surface area (Å²) < 4.78 is 0. The number of nitrogens with zero attached hydrogens (tertiary/aromatic N) is 1. The zero-order chi connectivity index (χ0) is 12.8. The minimum Gasteiger partial charge on any atom is -0.376 e. The summed E-state index contributed by atoms with van der Waals surface area (Å²) in [6.07, 6.45) is 0.386. The maximum atomic E-state index is 12.0. The predicted octanol–water partition coefficient (Wildman–Crippen LogP) is 0.447. The fourth-order valence-corrected chi connectivity index (χ4v) is 1.86. The Kier molecular flexibility index (Phi) is 4.17. The molecule has 18 heavy (non-hydrogen) atoms. The van der Waals surface area contributed by atoms with Gasteiger partial charge < -0.3 is 15.5 Å². The van der Waals surface area contributed by atoms with E-state index in [1.807, 2.05) is 30.3 Å². The summed E-state index contributed by atoms with van der Waals surface area (Å²) in [5.74, 6) is 0.0386. The predicted molar refractivity (Wildman–Crippen MR) is 69.1 cm³/mol. The Balaban J connectivity index is 1.82. The quantitative estimate of drug-likeness (QED) is 0.815. The van der Waals surface area contributed by atoms with Crippen LogP contribution in [0.5, 0.6) is 0 Å². The molecule has 1 saturated heterocycles. The van der Waals surface area contributed by atoms with Crippen molar-refractivity contribution in [2.24, 2.45) is 0 Å². The number of anilines is 1. The molecular formula is C13H17N3O2. The van der Waals surface area contributed by atoms with Crippen LogP contribution in [0.3, 0.4) is 0 Å². The van der Waals surface area contributed by atoms with E-state index in [4.69, 9.17) is 0 Å². The van der Waals surface area contributed by atoms with Crippen LogP contribution in [-0.2, 0) is 9.59 Å². The largest absolute Gasteiger partial charge is 0.376 e. The van der Waals surface area contributed by atoms with Crippen LogP contribution in [0.4, 0.5) is 5.69 Å². The second-order valence-corrected chi connectivity index (χ2v) is 4.20. The summed E-state index contributed by atoms with van der Waals surface area (Å²) in [5.41, 5.74) is 0.926. The highest BCUT2D eigenvalue weighted by Gasteiger charge is 2.17. The SMILES string of the molecule is O=C1CCN(C(=O)CNc2ccccc2)CCN1. The first kappa shape index (κ1) is 12.4.